The summed E-state index contributed by atoms with van der Waals surface area (Å²) in [5, 5.41) is 15.1. The molecule has 1 aliphatic heterocycles. The number of aliphatic hydroxyl groups is 1. The van der Waals surface area contributed by atoms with Gasteiger partial charge in [-0.25, -0.2) is 4.98 Å². The van der Waals surface area contributed by atoms with Gasteiger partial charge in [0.15, 0.2) is 5.82 Å². The van der Waals surface area contributed by atoms with Gasteiger partial charge in [0.2, 0.25) is 5.60 Å². The van der Waals surface area contributed by atoms with Crippen LogP contribution in [-0.4, -0.2) is 30.6 Å². The van der Waals surface area contributed by atoms with Crippen LogP contribution in [0.25, 0.3) is 11.4 Å². The van der Waals surface area contributed by atoms with E-state index in [1.165, 1.54) is 30.0 Å². The van der Waals surface area contributed by atoms with Gasteiger partial charge in [-0.05, 0) is 64.4 Å². The van der Waals surface area contributed by atoms with Gasteiger partial charge in [-0.2, -0.15) is 18.3 Å². The summed E-state index contributed by atoms with van der Waals surface area (Å²) >= 11 is 0. The van der Waals surface area contributed by atoms with E-state index in [2.05, 4.69) is 11.1 Å². The highest BCUT2D eigenvalue weighted by Gasteiger charge is 2.55. The van der Waals surface area contributed by atoms with Crippen LogP contribution >= 0.6 is 0 Å². The minimum absolute atomic E-state index is 0.119. The highest BCUT2D eigenvalue weighted by atomic mass is 19.4. The van der Waals surface area contributed by atoms with Gasteiger partial charge in [0.25, 0.3) is 0 Å². The van der Waals surface area contributed by atoms with E-state index >= 15 is 0 Å². The molecule has 3 saturated carbocycles. The molecule has 0 saturated heterocycles. The minimum atomic E-state index is -4.79. The lowest BCUT2D eigenvalue weighted by molar-refractivity contribution is -0.262. The van der Waals surface area contributed by atoms with Crippen LogP contribution in [0.3, 0.4) is 0 Å². The molecule has 6 rings (SSSR count). The lowest BCUT2D eigenvalue weighted by atomic mass is 9.59. The number of hydrogen-bond acceptors (Lipinski definition) is 3. The first-order chi connectivity index (χ1) is 13.1. The molecule has 2 aromatic rings. The Balaban J connectivity index is 1.59. The number of fused-ring (bicyclic) bond motifs is 6. The van der Waals surface area contributed by atoms with Crippen molar-refractivity contribution >= 4 is 0 Å². The summed E-state index contributed by atoms with van der Waals surface area (Å²) in [4.78, 5) is 4.00. The Morgan fingerprint density at radius 2 is 1.79 bits per heavy atom. The van der Waals surface area contributed by atoms with Crippen molar-refractivity contribution in [3.63, 3.8) is 0 Å². The molecule has 28 heavy (non-hydrogen) atoms. The second kappa shape index (κ2) is 5.62. The number of nitrogens with zero attached hydrogens (tertiary/aromatic N) is 4. The molecule has 1 N–H and O–H groups in total. The molecule has 3 aliphatic carbocycles. The topological polar surface area (TPSA) is 55.9 Å². The lowest BCUT2D eigenvalue weighted by Gasteiger charge is -2.45. The zero-order valence-corrected chi connectivity index (χ0v) is 16.1. The van der Waals surface area contributed by atoms with Crippen LogP contribution in [0.4, 0.5) is 13.2 Å². The summed E-state index contributed by atoms with van der Waals surface area (Å²) in [6.07, 6.45) is 3.83. The van der Waals surface area contributed by atoms with E-state index in [0.717, 1.165) is 43.5 Å². The Labute approximate surface area is 161 Å². The third-order valence-corrected chi connectivity index (χ3v) is 7.34. The molecule has 4 aliphatic rings. The average Bonchev–Trinajstić information content (AvgIpc) is 3.27. The lowest BCUT2D eigenvalue weighted by Crippen LogP contribution is -2.42. The fourth-order valence-corrected chi connectivity index (χ4v) is 5.47. The normalized spacial score (nSPS) is 31.4. The van der Waals surface area contributed by atoms with Crippen molar-refractivity contribution in [1.82, 2.24) is 19.3 Å². The van der Waals surface area contributed by atoms with Gasteiger partial charge in [-0.15, -0.1) is 0 Å². The standard InChI is InChI=1S/C20H25F3N4O/c1-12-11-26-14(9-16(25-26)19-6-3-13(4-7-19)5-8-19)15-10-24-17(27(12)15)18(2,28)20(21,22)23/h9-10,12-13,28H,3-8,11H2,1-2H3/t12-,13?,18+,19?/m0/s1. The number of imidazole rings is 1. The Morgan fingerprint density at radius 1 is 1.14 bits per heavy atom. The fourth-order valence-electron chi connectivity index (χ4n) is 5.47. The Kier molecular flexibility index (Phi) is 3.65. The van der Waals surface area contributed by atoms with E-state index in [-0.39, 0.29) is 17.3 Å². The van der Waals surface area contributed by atoms with Crippen LogP contribution in [0, 0.1) is 5.92 Å². The van der Waals surface area contributed by atoms with E-state index in [1.807, 2.05) is 11.6 Å². The third kappa shape index (κ3) is 2.36. The molecule has 0 aromatic carbocycles. The first-order valence-corrected chi connectivity index (χ1v) is 10.1. The smallest absolute Gasteiger partial charge is 0.374 e. The zero-order chi connectivity index (χ0) is 19.9. The summed E-state index contributed by atoms with van der Waals surface area (Å²) < 4.78 is 43.7. The van der Waals surface area contributed by atoms with Crippen molar-refractivity contribution in [2.75, 3.05) is 0 Å². The SMILES string of the molecule is C[C@H]1Cn2nc(C34CCC(CC3)CC4)cc2-c2cnc([C@@](C)(O)C(F)(F)F)n21. The monoisotopic (exact) mass is 394 g/mol. The van der Waals surface area contributed by atoms with Gasteiger partial charge in [0.05, 0.1) is 35.9 Å². The largest absolute Gasteiger partial charge is 0.424 e. The summed E-state index contributed by atoms with van der Waals surface area (Å²) in [6, 6.07) is 1.78. The molecule has 2 bridgehead atoms. The molecule has 2 aromatic heterocycles. The summed E-state index contributed by atoms with van der Waals surface area (Å²) in [5.74, 6) is 0.501. The second-order valence-electron chi connectivity index (χ2n) is 9.12. The molecule has 152 valence electrons. The van der Waals surface area contributed by atoms with E-state index in [0.29, 0.717) is 12.2 Å². The molecule has 5 nitrogen and oxygen atoms in total. The number of halogens is 3. The molecule has 3 heterocycles. The molecular weight excluding hydrogens is 369 g/mol. The van der Waals surface area contributed by atoms with Crippen molar-refractivity contribution in [3.8, 4) is 11.4 Å². The Morgan fingerprint density at radius 3 is 2.39 bits per heavy atom. The van der Waals surface area contributed by atoms with E-state index < -0.39 is 11.8 Å². The number of alkyl halides is 3. The summed E-state index contributed by atoms with van der Waals surface area (Å²) in [6.45, 7) is 3.08. The van der Waals surface area contributed by atoms with Gasteiger partial charge in [0, 0.05) is 5.41 Å². The number of hydrogen-bond donors (Lipinski definition) is 1. The van der Waals surface area contributed by atoms with E-state index in [9.17, 15) is 18.3 Å². The first kappa shape index (κ1) is 18.2. The van der Waals surface area contributed by atoms with E-state index in [4.69, 9.17) is 5.10 Å². The van der Waals surface area contributed by atoms with Crippen LogP contribution in [0.5, 0.6) is 0 Å². The van der Waals surface area contributed by atoms with Gasteiger partial charge >= 0.3 is 6.18 Å². The van der Waals surface area contributed by atoms with Gasteiger partial charge in [-0.1, -0.05) is 0 Å². The van der Waals surface area contributed by atoms with Gasteiger partial charge < -0.3 is 9.67 Å². The van der Waals surface area contributed by atoms with Crippen molar-refractivity contribution in [2.24, 2.45) is 5.92 Å². The van der Waals surface area contributed by atoms with Crippen LogP contribution in [0.1, 0.15) is 69.9 Å². The first-order valence-electron chi connectivity index (χ1n) is 10.1. The quantitative estimate of drug-likeness (QED) is 0.826. The summed E-state index contributed by atoms with van der Waals surface area (Å²) in [7, 11) is 0. The van der Waals surface area contributed by atoms with Crippen molar-refractivity contribution in [3.05, 3.63) is 23.8 Å². The van der Waals surface area contributed by atoms with Crippen molar-refractivity contribution in [2.45, 2.75) is 82.2 Å². The fraction of sp³-hybridized carbons (Fsp3) is 0.700. The number of aromatic nitrogens is 4. The molecule has 2 atom stereocenters. The van der Waals surface area contributed by atoms with Crippen LogP contribution in [0.2, 0.25) is 0 Å². The molecule has 0 amide bonds. The number of rotatable bonds is 2. The van der Waals surface area contributed by atoms with Crippen LogP contribution < -0.4 is 0 Å². The maximum Gasteiger partial charge on any atom is 0.424 e. The van der Waals surface area contributed by atoms with Crippen LogP contribution in [0.15, 0.2) is 12.3 Å². The summed E-state index contributed by atoms with van der Waals surface area (Å²) in [5.41, 5.74) is -0.408. The predicted molar refractivity (Wildman–Crippen MR) is 96.7 cm³/mol. The highest BCUT2D eigenvalue weighted by Crippen LogP contribution is 2.52. The van der Waals surface area contributed by atoms with Gasteiger partial charge in [-0.3, -0.25) is 4.68 Å². The third-order valence-electron chi connectivity index (χ3n) is 7.34. The average molecular weight is 394 g/mol. The Bertz CT molecular complexity index is 905. The Hall–Kier alpha value is -1.83. The predicted octanol–water partition coefficient (Wildman–Crippen LogP) is 4.31. The van der Waals surface area contributed by atoms with Crippen molar-refractivity contribution in [1.29, 1.82) is 0 Å². The van der Waals surface area contributed by atoms with Crippen molar-refractivity contribution < 1.29 is 18.3 Å². The molecule has 0 spiro atoms. The maximum absolute atomic E-state index is 13.4. The molecule has 8 heteroatoms. The van der Waals surface area contributed by atoms with Gasteiger partial charge in [0.1, 0.15) is 0 Å². The highest BCUT2D eigenvalue weighted by molar-refractivity contribution is 5.58. The molecule has 3 fully saturated rings. The second-order valence-corrected chi connectivity index (χ2v) is 9.12. The zero-order valence-electron chi connectivity index (χ0n) is 16.1. The van der Waals surface area contributed by atoms with E-state index in [1.54, 1.807) is 0 Å². The van der Waals surface area contributed by atoms with Crippen LogP contribution in [-0.2, 0) is 17.6 Å². The maximum atomic E-state index is 13.4. The molecule has 0 unspecified atom stereocenters. The molecule has 0 radical (unpaired) electrons. The minimum Gasteiger partial charge on any atom is -0.374 e. The molecular formula is C20H25F3N4O.